The third kappa shape index (κ3) is 1.81. The van der Waals surface area contributed by atoms with Crippen molar-refractivity contribution in [3.63, 3.8) is 0 Å². The first-order chi connectivity index (χ1) is 7.83. The van der Waals surface area contributed by atoms with Gasteiger partial charge in [0.1, 0.15) is 5.82 Å². The number of aromatic amines is 1. The zero-order valence-corrected chi connectivity index (χ0v) is 8.99. The predicted molar refractivity (Wildman–Crippen MR) is 65.8 cm³/mol. The highest BCUT2D eigenvalue weighted by Gasteiger charge is 2.20. The average Bonchev–Trinajstić information content (AvgIpc) is 3.10. The summed E-state index contributed by atoms with van der Waals surface area (Å²) in [5.74, 6) is 1.63. The number of fused-ring (bicyclic) bond motifs is 1. The molecular formula is C13H14N2O. The van der Waals surface area contributed by atoms with Gasteiger partial charge in [-0.1, -0.05) is 18.2 Å². The molecule has 16 heavy (non-hydrogen) atoms. The van der Waals surface area contributed by atoms with Gasteiger partial charge >= 0.3 is 0 Å². The van der Waals surface area contributed by atoms with Crippen molar-refractivity contribution in [3.05, 3.63) is 40.7 Å². The van der Waals surface area contributed by atoms with Crippen LogP contribution in [0.15, 0.2) is 35.1 Å². The summed E-state index contributed by atoms with van der Waals surface area (Å²) in [7, 11) is 0. The van der Waals surface area contributed by atoms with Crippen molar-refractivity contribution in [1.29, 1.82) is 0 Å². The van der Waals surface area contributed by atoms with Crippen LogP contribution in [0.1, 0.15) is 12.8 Å². The molecule has 1 aromatic heterocycles. The number of H-pyrrole nitrogens is 1. The Morgan fingerprint density at radius 1 is 1.31 bits per heavy atom. The number of hydrogen-bond acceptors (Lipinski definition) is 2. The maximum absolute atomic E-state index is 11.8. The second-order valence-electron chi connectivity index (χ2n) is 4.42. The molecule has 3 nitrogen and oxygen atoms in total. The van der Waals surface area contributed by atoms with Crippen LogP contribution in [0.25, 0.3) is 10.8 Å². The standard InChI is InChI=1S/C13H14N2O/c16-13-11-4-2-1-3-10(11)7-12(15-13)14-8-9-5-6-9/h1-4,7,9H,5-6,8H2,(H2,14,15,16). The normalized spacial score (nSPS) is 15.2. The van der Waals surface area contributed by atoms with E-state index < -0.39 is 0 Å². The summed E-state index contributed by atoms with van der Waals surface area (Å²) in [6.07, 6.45) is 2.62. The van der Waals surface area contributed by atoms with Crippen LogP contribution in [0.4, 0.5) is 5.82 Å². The molecule has 2 N–H and O–H groups in total. The first-order valence-corrected chi connectivity index (χ1v) is 5.69. The quantitative estimate of drug-likeness (QED) is 0.823. The van der Waals surface area contributed by atoms with Crippen molar-refractivity contribution in [2.24, 2.45) is 5.92 Å². The summed E-state index contributed by atoms with van der Waals surface area (Å²) in [4.78, 5) is 14.6. The molecule has 82 valence electrons. The van der Waals surface area contributed by atoms with E-state index in [1.165, 1.54) is 12.8 Å². The molecule has 1 heterocycles. The third-order valence-electron chi connectivity index (χ3n) is 3.03. The Hall–Kier alpha value is -1.77. The number of rotatable bonds is 3. The predicted octanol–water partition coefficient (Wildman–Crippen LogP) is 2.35. The van der Waals surface area contributed by atoms with Gasteiger partial charge in [0, 0.05) is 11.9 Å². The van der Waals surface area contributed by atoms with Gasteiger partial charge in [0.25, 0.3) is 5.56 Å². The van der Waals surface area contributed by atoms with E-state index in [0.29, 0.717) is 0 Å². The minimum absolute atomic E-state index is 0.0172. The van der Waals surface area contributed by atoms with Crippen molar-refractivity contribution in [2.75, 3.05) is 11.9 Å². The lowest BCUT2D eigenvalue weighted by Crippen LogP contribution is -2.12. The van der Waals surface area contributed by atoms with Gasteiger partial charge in [-0.2, -0.15) is 0 Å². The van der Waals surface area contributed by atoms with Gasteiger partial charge in [-0.3, -0.25) is 4.79 Å². The van der Waals surface area contributed by atoms with Gasteiger partial charge in [0.2, 0.25) is 0 Å². The van der Waals surface area contributed by atoms with E-state index in [4.69, 9.17) is 0 Å². The summed E-state index contributed by atoms with van der Waals surface area (Å²) in [5.41, 5.74) is -0.0172. The largest absolute Gasteiger partial charge is 0.371 e. The first-order valence-electron chi connectivity index (χ1n) is 5.69. The van der Waals surface area contributed by atoms with Crippen LogP contribution in [-0.4, -0.2) is 11.5 Å². The van der Waals surface area contributed by atoms with E-state index in [9.17, 15) is 4.79 Å². The first kappa shape index (κ1) is 9.46. The topological polar surface area (TPSA) is 44.9 Å². The monoisotopic (exact) mass is 214 g/mol. The number of benzene rings is 1. The molecule has 0 unspecified atom stereocenters. The number of hydrogen-bond donors (Lipinski definition) is 2. The fourth-order valence-electron chi connectivity index (χ4n) is 1.88. The zero-order valence-electron chi connectivity index (χ0n) is 8.99. The molecular weight excluding hydrogens is 200 g/mol. The van der Waals surface area contributed by atoms with Gasteiger partial charge < -0.3 is 10.3 Å². The van der Waals surface area contributed by atoms with Gasteiger partial charge in [-0.15, -0.1) is 0 Å². The summed E-state index contributed by atoms with van der Waals surface area (Å²) < 4.78 is 0. The molecule has 2 aromatic rings. The van der Waals surface area contributed by atoms with Gasteiger partial charge in [0.05, 0.1) is 0 Å². The van der Waals surface area contributed by atoms with Crippen molar-refractivity contribution >= 4 is 16.6 Å². The molecule has 1 aliphatic rings. The van der Waals surface area contributed by atoms with Crippen LogP contribution in [-0.2, 0) is 0 Å². The highest BCUT2D eigenvalue weighted by Crippen LogP contribution is 2.28. The maximum atomic E-state index is 11.8. The highest BCUT2D eigenvalue weighted by atomic mass is 16.1. The Balaban J connectivity index is 1.96. The van der Waals surface area contributed by atoms with E-state index in [1.807, 2.05) is 30.3 Å². The summed E-state index contributed by atoms with van der Waals surface area (Å²) >= 11 is 0. The lowest BCUT2D eigenvalue weighted by atomic mass is 10.2. The molecule has 0 atom stereocenters. The van der Waals surface area contributed by atoms with E-state index in [-0.39, 0.29) is 5.56 Å². The lowest BCUT2D eigenvalue weighted by Gasteiger charge is -2.06. The Morgan fingerprint density at radius 3 is 2.94 bits per heavy atom. The van der Waals surface area contributed by atoms with Crippen LogP contribution in [0.3, 0.4) is 0 Å². The second-order valence-corrected chi connectivity index (χ2v) is 4.42. The molecule has 3 heteroatoms. The minimum Gasteiger partial charge on any atom is -0.371 e. The van der Waals surface area contributed by atoms with Crippen LogP contribution >= 0.6 is 0 Å². The molecule has 0 bridgehead atoms. The Kier molecular flexibility index (Phi) is 2.17. The van der Waals surface area contributed by atoms with Crippen LogP contribution in [0.5, 0.6) is 0 Å². The summed E-state index contributed by atoms with van der Waals surface area (Å²) in [6.45, 7) is 0.967. The molecule has 1 aromatic carbocycles. The van der Waals surface area contributed by atoms with E-state index in [2.05, 4.69) is 10.3 Å². The Morgan fingerprint density at radius 2 is 2.12 bits per heavy atom. The third-order valence-corrected chi connectivity index (χ3v) is 3.03. The van der Waals surface area contributed by atoms with Crippen LogP contribution < -0.4 is 10.9 Å². The lowest BCUT2D eigenvalue weighted by molar-refractivity contribution is 0.882. The summed E-state index contributed by atoms with van der Waals surface area (Å²) in [6, 6.07) is 9.64. The molecule has 0 radical (unpaired) electrons. The second kappa shape index (κ2) is 3.67. The molecule has 0 spiro atoms. The van der Waals surface area contributed by atoms with Crippen molar-refractivity contribution in [3.8, 4) is 0 Å². The molecule has 3 rings (SSSR count). The molecule has 0 saturated heterocycles. The fourth-order valence-corrected chi connectivity index (χ4v) is 1.88. The highest BCUT2D eigenvalue weighted by molar-refractivity contribution is 5.83. The van der Waals surface area contributed by atoms with Crippen LogP contribution in [0.2, 0.25) is 0 Å². The van der Waals surface area contributed by atoms with Crippen molar-refractivity contribution in [2.45, 2.75) is 12.8 Å². The maximum Gasteiger partial charge on any atom is 0.257 e. The Bertz CT molecular complexity index is 569. The zero-order chi connectivity index (χ0) is 11.0. The van der Waals surface area contributed by atoms with E-state index in [0.717, 1.165) is 29.1 Å². The van der Waals surface area contributed by atoms with Gasteiger partial charge in [0.15, 0.2) is 0 Å². The van der Waals surface area contributed by atoms with E-state index >= 15 is 0 Å². The number of pyridine rings is 1. The molecule has 0 amide bonds. The molecule has 1 saturated carbocycles. The van der Waals surface area contributed by atoms with E-state index in [1.54, 1.807) is 0 Å². The average molecular weight is 214 g/mol. The summed E-state index contributed by atoms with van der Waals surface area (Å²) in [5, 5.41) is 5.02. The molecule has 1 aliphatic carbocycles. The van der Waals surface area contributed by atoms with Gasteiger partial charge in [-0.25, -0.2) is 0 Å². The van der Waals surface area contributed by atoms with Crippen LogP contribution in [0, 0.1) is 5.92 Å². The minimum atomic E-state index is -0.0172. The number of nitrogens with one attached hydrogen (secondary N) is 2. The smallest absolute Gasteiger partial charge is 0.257 e. The van der Waals surface area contributed by atoms with Crippen molar-refractivity contribution in [1.82, 2.24) is 4.98 Å². The number of anilines is 1. The molecule has 1 fully saturated rings. The van der Waals surface area contributed by atoms with Gasteiger partial charge in [-0.05, 0) is 36.3 Å². The Labute approximate surface area is 93.5 Å². The number of aromatic nitrogens is 1. The fraction of sp³-hybridized carbons (Fsp3) is 0.308. The molecule has 0 aliphatic heterocycles. The SMILES string of the molecule is O=c1[nH]c(NCC2CC2)cc2ccccc12. The van der Waals surface area contributed by atoms with Crippen molar-refractivity contribution < 1.29 is 0 Å².